The molecule has 31 heavy (non-hydrogen) atoms. The first kappa shape index (κ1) is 20.9. The summed E-state index contributed by atoms with van der Waals surface area (Å²) in [5, 5.41) is 11.2. The number of pyridine rings is 1. The highest BCUT2D eigenvalue weighted by Crippen LogP contribution is 2.23. The van der Waals surface area contributed by atoms with Crippen LogP contribution in [0.25, 0.3) is 11.5 Å². The second kappa shape index (κ2) is 9.61. The van der Waals surface area contributed by atoms with Gasteiger partial charge in [-0.1, -0.05) is 11.8 Å². The molecule has 10 heteroatoms. The molecule has 1 aliphatic rings. The quantitative estimate of drug-likeness (QED) is 0.586. The molecule has 1 saturated heterocycles. The molecule has 2 amide bonds. The highest BCUT2D eigenvalue weighted by Gasteiger charge is 2.18. The van der Waals surface area contributed by atoms with Gasteiger partial charge in [0.05, 0.1) is 5.75 Å². The van der Waals surface area contributed by atoms with Gasteiger partial charge in [0.15, 0.2) is 0 Å². The summed E-state index contributed by atoms with van der Waals surface area (Å²) in [7, 11) is 0. The molecule has 160 valence electrons. The van der Waals surface area contributed by atoms with Gasteiger partial charge in [0.2, 0.25) is 17.7 Å². The summed E-state index contributed by atoms with van der Waals surface area (Å²) in [6.45, 7) is 4.65. The van der Waals surface area contributed by atoms with Crippen molar-refractivity contribution in [1.29, 1.82) is 0 Å². The molecule has 0 radical (unpaired) electrons. The van der Waals surface area contributed by atoms with Crippen molar-refractivity contribution in [3.63, 3.8) is 0 Å². The first-order valence-electron chi connectivity index (χ1n) is 9.85. The summed E-state index contributed by atoms with van der Waals surface area (Å²) >= 11 is 1.18. The van der Waals surface area contributed by atoms with Crippen molar-refractivity contribution in [2.45, 2.75) is 12.1 Å². The summed E-state index contributed by atoms with van der Waals surface area (Å²) in [5.74, 6) is 0.512. The Morgan fingerprint density at radius 3 is 2.42 bits per heavy atom. The van der Waals surface area contributed by atoms with Gasteiger partial charge in [0, 0.05) is 62.4 Å². The SMILES string of the molecule is CC(=O)N1CCN(c2ccc(NC(=O)CSc3nnc(-c4ccncc4)o3)cc2)CC1. The van der Waals surface area contributed by atoms with E-state index in [1.54, 1.807) is 31.5 Å². The molecule has 3 aromatic rings. The molecule has 1 fully saturated rings. The fraction of sp³-hybridized carbons (Fsp3) is 0.286. The molecule has 1 aromatic carbocycles. The molecular formula is C21H22N6O3S. The van der Waals surface area contributed by atoms with Crippen molar-refractivity contribution in [2.75, 3.05) is 42.1 Å². The van der Waals surface area contributed by atoms with Crippen LogP contribution in [0, 0.1) is 0 Å². The average molecular weight is 439 g/mol. The van der Waals surface area contributed by atoms with Crippen molar-refractivity contribution in [1.82, 2.24) is 20.1 Å². The Kier molecular flexibility index (Phi) is 6.46. The van der Waals surface area contributed by atoms with Crippen molar-refractivity contribution in [3.05, 3.63) is 48.8 Å². The summed E-state index contributed by atoms with van der Waals surface area (Å²) in [6.07, 6.45) is 3.30. The Hall–Kier alpha value is -3.40. The normalized spacial score (nSPS) is 13.8. The Labute approximate surface area is 183 Å². The zero-order valence-electron chi connectivity index (χ0n) is 17.0. The lowest BCUT2D eigenvalue weighted by molar-refractivity contribution is -0.129. The molecule has 1 aliphatic heterocycles. The number of aromatic nitrogens is 3. The zero-order chi connectivity index (χ0) is 21.6. The maximum Gasteiger partial charge on any atom is 0.277 e. The van der Waals surface area contributed by atoms with Gasteiger partial charge in [-0.05, 0) is 36.4 Å². The molecule has 0 saturated carbocycles. The molecule has 2 aromatic heterocycles. The van der Waals surface area contributed by atoms with Gasteiger partial charge in [0.1, 0.15) is 0 Å². The highest BCUT2D eigenvalue weighted by atomic mass is 32.2. The van der Waals surface area contributed by atoms with E-state index >= 15 is 0 Å². The van der Waals surface area contributed by atoms with E-state index in [1.807, 2.05) is 29.2 Å². The number of benzene rings is 1. The van der Waals surface area contributed by atoms with E-state index in [-0.39, 0.29) is 17.6 Å². The number of piperazine rings is 1. The molecule has 0 bridgehead atoms. The van der Waals surface area contributed by atoms with E-state index in [9.17, 15) is 9.59 Å². The van der Waals surface area contributed by atoms with Crippen LogP contribution in [0.4, 0.5) is 11.4 Å². The van der Waals surface area contributed by atoms with Gasteiger partial charge in [-0.2, -0.15) is 0 Å². The van der Waals surface area contributed by atoms with Gasteiger partial charge < -0.3 is 19.5 Å². The molecule has 0 unspecified atom stereocenters. The highest BCUT2D eigenvalue weighted by molar-refractivity contribution is 7.99. The van der Waals surface area contributed by atoms with E-state index in [1.165, 1.54) is 11.8 Å². The molecule has 0 aliphatic carbocycles. The van der Waals surface area contributed by atoms with Crippen LogP contribution in [0.15, 0.2) is 58.4 Å². The third kappa shape index (κ3) is 5.40. The lowest BCUT2D eigenvalue weighted by Crippen LogP contribution is -2.48. The Bertz CT molecular complexity index is 1030. The minimum absolute atomic E-state index is 0.115. The standard InChI is InChI=1S/C21H22N6O3S/c1-15(28)26-10-12-27(13-11-26)18-4-2-17(3-5-18)23-19(29)14-31-21-25-24-20(30-21)16-6-8-22-9-7-16/h2-9H,10-14H2,1H3,(H,23,29). The summed E-state index contributed by atoms with van der Waals surface area (Å²) < 4.78 is 5.58. The Morgan fingerprint density at radius 1 is 1.03 bits per heavy atom. The third-order valence-corrected chi connectivity index (χ3v) is 5.72. The molecule has 0 spiro atoms. The lowest BCUT2D eigenvalue weighted by atomic mass is 10.2. The minimum Gasteiger partial charge on any atom is -0.411 e. The van der Waals surface area contributed by atoms with Crippen molar-refractivity contribution < 1.29 is 14.0 Å². The van der Waals surface area contributed by atoms with Crippen LogP contribution in [0.2, 0.25) is 0 Å². The fourth-order valence-electron chi connectivity index (χ4n) is 3.24. The predicted molar refractivity (Wildman–Crippen MR) is 118 cm³/mol. The van der Waals surface area contributed by atoms with Gasteiger partial charge in [-0.15, -0.1) is 10.2 Å². The van der Waals surface area contributed by atoms with E-state index in [2.05, 4.69) is 25.4 Å². The number of hydrogen-bond acceptors (Lipinski definition) is 8. The van der Waals surface area contributed by atoms with Crippen LogP contribution >= 0.6 is 11.8 Å². The molecular weight excluding hydrogens is 416 g/mol. The van der Waals surface area contributed by atoms with Crippen molar-refractivity contribution >= 4 is 35.0 Å². The molecule has 0 atom stereocenters. The Balaban J connectivity index is 1.26. The number of carbonyl (C=O) groups is 2. The second-order valence-electron chi connectivity index (χ2n) is 6.99. The molecule has 4 rings (SSSR count). The van der Waals surface area contributed by atoms with Gasteiger partial charge in [-0.3, -0.25) is 14.6 Å². The summed E-state index contributed by atoms with van der Waals surface area (Å²) in [6, 6.07) is 11.3. The molecule has 9 nitrogen and oxygen atoms in total. The van der Waals surface area contributed by atoms with Crippen LogP contribution in [0.5, 0.6) is 0 Å². The fourth-order valence-corrected chi connectivity index (χ4v) is 3.80. The maximum absolute atomic E-state index is 12.3. The van der Waals surface area contributed by atoms with Gasteiger partial charge in [-0.25, -0.2) is 0 Å². The van der Waals surface area contributed by atoms with Crippen molar-refractivity contribution in [3.8, 4) is 11.5 Å². The third-order valence-electron chi connectivity index (χ3n) is 4.90. The molecule has 3 heterocycles. The summed E-state index contributed by atoms with van der Waals surface area (Å²) in [4.78, 5) is 31.8. The van der Waals surface area contributed by atoms with Crippen LogP contribution in [0.3, 0.4) is 0 Å². The average Bonchev–Trinajstić information content (AvgIpc) is 3.28. The van der Waals surface area contributed by atoms with E-state index < -0.39 is 0 Å². The monoisotopic (exact) mass is 438 g/mol. The van der Waals surface area contributed by atoms with Crippen LogP contribution in [-0.2, 0) is 9.59 Å². The van der Waals surface area contributed by atoms with Gasteiger partial charge in [0.25, 0.3) is 5.22 Å². The number of rotatable bonds is 6. The van der Waals surface area contributed by atoms with Crippen LogP contribution in [0.1, 0.15) is 6.92 Å². The zero-order valence-corrected chi connectivity index (χ0v) is 17.8. The number of carbonyl (C=O) groups excluding carboxylic acids is 2. The number of anilines is 2. The number of nitrogens with one attached hydrogen (secondary N) is 1. The maximum atomic E-state index is 12.3. The van der Waals surface area contributed by atoms with Gasteiger partial charge >= 0.3 is 0 Å². The lowest BCUT2D eigenvalue weighted by Gasteiger charge is -2.35. The minimum atomic E-state index is -0.156. The number of nitrogens with zero attached hydrogens (tertiary/aromatic N) is 5. The van der Waals surface area contributed by atoms with E-state index in [4.69, 9.17) is 4.42 Å². The van der Waals surface area contributed by atoms with Crippen LogP contribution < -0.4 is 10.2 Å². The van der Waals surface area contributed by atoms with E-state index in [0.29, 0.717) is 11.1 Å². The smallest absolute Gasteiger partial charge is 0.277 e. The van der Waals surface area contributed by atoms with Crippen LogP contribution in [-0.4, -0.2) is 63.8 Å². The second-order valence-corrected chi connectivity index (χ2v) is 7.91. The number of amides is 2. The van der Waals surface area contributed by atoms with Crippen molar-refractivity contribution in [2.24, 2.45) is 0 Å². The summed E-state index contributed by atoms with van der Waals surface area (Å²) in [5.41, 5.74) is 2.58. The number of hydrogen-bond donors (Lipinski definition) is 1. The Morgan fingerprint density at radius 2 is 1.74 bits per heavy atom. The predicted octanol–water partition coefficient (Wildman–Crippen LogP) is 2.53. The number of thioether (sulfide) groups is 1. The first-order valence-corrected chi connectivity index (χ1v) is 10.8. The van der Waals surface area contributed by atoms with E-state index in [0.717, 1.165) is 43.1 Å². The first-order chi connectivity index (χ1) is 15.1. The molecule has 1 N–H and O–H groups in total. The topological polar surface area (TPSA) is 104 Å². The largest absolute Gasteiger partial charge is 0.411 e.